The number of ketones is 1. The molecular formula is C16H23NO2. The molecule has 0 bridgehead atoms. The number of carbonyl (C=O) groups excluding carboxylic acids is 1. The predicted octanol–water partition coefficient (Wildman–Crippen LogP) is 3.03. The second-order valence-electron chi connectivity index (χ2n) is 5.37. The summed E-state index contributed by atoms with van der Waals surface area (Å²) >= 11 is 0. The van der Waals surface area contributed by atoms with E-state index in [2.05, 4.69) is 17.0 Å². The van der Waals surface area contributed by atoms with E-state index in [1.807, 2.05) is 12.1 Å². The molecule has 0 saturated carbocycles. The number of ether oxygens (including phenoxy) is 1. The van der Waals surface area contributed by atoms with Crippen molar-refractivity contribution < 1.29 is 9.53 Å². The number of hydrogen-bond donors (Lipinski definition) is 0. The van der Waals surface area contributed by atoms with E-state index in [4.69, 9.17) is 4.74 Å². The Balaban J connectivity index is 1.99. The monoisotopic (exact) mass is 261 g/mol. The summed E-state index contributed by atoms with van der Waals surface area (Å²) in [5, 5.41) is 0. The van der Waals surface area contributed by atoms with Crippen LogP contribution in [-0.4, -0.2) is 30.4 Å². The second-order valence-corrected chi connectivity index (χ2v) is 5.37. The molecule has 1 atom stereocenters. The highest BCUT2D eigenvalue weighted by atomic mass is 16.5. The quantitative estimate of drug-likeness (QED) is 0.816. The molecule has 1 aliphatic heterocycles. The molecule has 1 saturated heterocycles. The zero-order valence-electron chi connectivity index (χ0n) is 11.9. The van der Waals surface area contributed by atoms with E-state index in [1.165, 1.54) is 18.4 Å². The largest absolute Gasteiger partial charge is 0.497 e. The fourth-order valence-corrected chi connectivity index (χ4v) is 2.80. The smallest absolute Gasteiger partial charge is 0.131 e. The van der Waals surface area contributed by atoms with Gasteiger partial charge in [0.2, 0.25) is 0 Å². The molecule has 0 N–H and O–H groups in total. The van der Waals surface area contributed by atoms with Gasteiger partial charge in [0.05, 0.1) is 7.11 Å². The standard InChI is InChI=1S/C16H23NO2/c1-13(18)11-15-5-3-4-10-17(15)12-14-6-8-16(19-2)9-7-14/h6-9,15H,3-5,10-12H2,1-2H3. The van der Waals surface area contributed by atoms with Crippen molar-refractivity contribution in [1.82, 2.24) is 4.90 Å². The third kappa shape index (κ3) is 4.06. The van der Waals surface area contributed by atoms with Crippen LogP contribution in [0.2, 0.25) is 0 Å². The van der Waals surface area contributed by atoms with Crippen molar-refractivity contribution in [2.75, 3.05) is 13.7 Å². The van der Waals surface area contributed by atoms with Gasteiger partial charge in [-0.15, -0.1) is 0 Å². The molecule has 1 unspecified atom stereocenters. The van der Waals surface area contributed by atoms with Crippen molar-refractivity contribution in [3.8, 4) is 5.75 Å². The van der Waals surface area contributed by atoms with Gasteiger partial charge in [0.25, 0.3) is 0 Å². The van der Waals surface area contributed by atoms with Gasteiger partial charge in [-0.05, 0) is 44.0 Å². The fraction of sp³-hybridized carbons (Fsp3) is 0.562. The third-order valence-corrected chi connectivity index (χ3v) is 3.82. The van der Waals surface area contributed by atoms with Gasteiger partial charge in [-0.3, -0.25) is 9.69 Å². The van der Waals surface area contributed by atoms with Crippen LogP contribution >= 0.6 is 0 Å². The van der Waals surface area contributed by atoms with Crippen LogP contribution in [0, 0.1) is 0 Å². The molecule has 0 aliphatic carbocycles. The first kappa shape index (κ1) is 14.1. The van der Waals surface area contributed by atoms with Gasteiger partial charge < -0.3 is 4.74 Å². The highest BCUT2D eigenvalue weighted by Gasteiger charge is 2.23. The summed E-state index contributed by atoms with van der Waals surface area (Å²) in [5.74, 6) is 1.19. The summed E-state index contributed by atoms with van der Waals surface area (Å²) in [6.45, 7) is 3.73. The molecule has 3 heteroatoms. The summed E-state index contributed by atoms with van der Waals surface area (Å²) in [5.41, 5.74) is 1.29. The van der Waals surface area contributed by atoms with E-state index in [-0.39, 0.29) is 0 Å². The summed E-state index contributed by atoms with van der Waals surface area (Å²) in [6.07, 6.45) is 4.33. The van der Waals surface area contributed by atoms with Crippen LogP contribution in [0.3, 0.4) is 0 Å². The molecule has 1 aromatic carbocycles. The maximum absolute atomic E-state index is 11.4. The number of piperidine rings is 1. The average Bonchev–Trinajstić information content (AvgIpc) is 2.41. The number of hydrogen-bond acceptors (Lipinski definition) is 3. The first-order valence-electron chi connectivity index (χ1n) is 7.05. The van der Waals surface area contributed by atoms with Gasteiger partial charge in [0.15, 0.2) is 0 Å². The van der Waals surface area contributed by atoms with Crippen molar-refractivity contribution in [1.29, 1.82) is 0 Å². The Morgan fingerprint density at radius 3 is 2.68 bits per heavy atom. The molecule has 1 aliphatic rings. The van der Waals surface area contributed by atoms with Gasteiger partial charge >= 0.3 is 0 Å². The molecule has 1 aromatic rings. The molecule has 104 valence electrons. The first-order valence-corrected chi connectivity index (χ1v) is 7.05. The van der Waals surface area contributed by atoms with Crippen molar-refractivity contribution >= 4 is 5.78 Å². The lowest BCUT2D eigenvalue weighted by Crippen LogP contribution is -2.39. The Hall–Kier alpha value is -1.35. The maximum Gasteiger partial charge on any atom is 0.131 e. The SMILES string of the molecule is COc1ccc(CN2CCCCC2CC(C)=O)cc1. The number of methoxy groups -OCH3 is 1. The van der Waals surface area contributed by atoms with Crippen molar-refractivity contribution in [2.45, 2.75) is 45.2 Å². The van der Waals surface area contributed by atoms with E-state index in [0.717, 1.165) is 25.3 Å². The predicted molar refractivity (Wildman–Crippen MR) is 76.3 cm³/mol. The van der Waals surface area contributed by atoms with Gasteiger partial charge in [0, 0.05) is 19.0 Å². The molecule has 0 amide bonds. The molecule has 2 rings (SSSR count). The fourth-order valence-electron chi connectivity index (χ4n) is 2.80. The van der Waals surface area contributed by atoms with Crippen LogP contribution in [-0.2, 0) is 11.3 Å². The number of carbonyl (C=O) groups is 1. The minimum absolute atomic E-state index is 0.298. The van der Waals surface area contributed by atoms with Crippen LogP contribution < -0.4 is 4.74 Å². The minimum Gasteiger partial charge on any atom is -0.497 e. The van der Waals surface area contributed by atoms with Gasteiger partial charge in [-0.2, -0.15) is 0 Å². The molecule has 19 heavy (non-hydrogen) atoms. The number of Topliss-reactive ketones (excluding diaryl/α,β-unsaturated/α-hetero) is 1. The Morgan fingerprint density at radius 1 is 1.32 bits per heavy atom. The first-order chi connectivity index (χ1) is 9.19. The Labute approximate surface area is 115 Å². The molecule has 1 fully saturated rings. The number of benzene rings is 1. The summed E-state index contributed by atoms with van der Waals surface area (Å²) in [7, 11) is 1.68. The Morgan fingerprint density at radius 2 is 2.05 bits per heavy atom. The number of nitrogens with zero attached hydrogens (tertiary/aromatic N) is 1. The normalized spacial score (nSPS) is 20.2. The Bertz CT molecular complexity index is 413. The van der Waals surface area contributed by atoms with E-state index < -0.39 is 0 Å². The maximum atomic E-state index is 11.4. The highest BCUT2D eigenvalue weighted by Crippen LogP contribution is 2.23. The molecular weight excluding hydrogens is 238 g/mol. The topological polar surface area (TPSA) is 29.5 Å². The lowest BCUT2D eigenvalue weighted by atomic mass is 9.97. The van der Waals surface area contributed by atoms with Crippen LogP contribution in [0.5, 0.6) is 5.75 Å². The molecule has 0 radical (unpaired) electrons. The highest BCUT2D eigenvalue weighted by molar-refractivity contribution is 5.76. The molecule has 1 heterocycles. The summed E-state index contributed by atoms with van der Waals surface area (Å²) in [6, 6.07) is 8.64. The number of rotatable bonds is 5. The summed E-state index contributed by atoms with van der Waals surface area (Å²) < 4.78 is 5.17. The van der Waals surface area contributed by atoms with Gasteiger partial charge in [-0.25, -0.2) is 0 Å². The van der Waals surface area contributed by atoms with Crippen molar-refractivity contribution in [2.24, 2.45) is 0 Å². The molecule has 0 spiro atoms. The van der Waals surface area contributed by atoms with Gasteiger partial charge in [-0.1, -0.05) is 18.6 Å². The van der Waals surface area contributed by atoms with Crippen molar-refractivity contribution in [3.63, 3.8) is 0 Å². The molecule has 3 nitrogen and oxygen atoms in total. The second kappa shape index (κ2) is 6.71. The average molecular weight is 261 g/mol. The number of likely N-dealkylation sites (tertiary alicyclic amines) is 1. The Kier molecular flexibility index (Phi) is 4.97. The molecule has 0 aromatic heterocycles. The van der Waals surface area contributed by atoms with E-state index in [1.54, 1.807) is 14.0 Å². The van der Waals surface area contributed by atoms with Crippen molar-refractivity contribution in [3.05, 3.63) is 29.8 Å². The van der Waals surface area contributed by atoms with Gasteiger partial charge in [0.1, 0.15) is 11.5 Å². The lowest BCUT2D eigenvalue weighted by Gasteiger charge is -2.35. The van der Waals surface area contributed by atoms with E-state index in [9.17, 15) is 4.79 Å². The lowest BCUT2D eigenvalue weighted by molar-refractivity contribution is -0.118. The van der Waals surface area contributed by atoms with E-state index >= 15 is 0 Å². The third-order valence-electron chi connectivity index (χ3n) is 3.82. The van der Waals surface area contributed by atoms with Crippen LogP contribution in [0.1, 0.15) is 38.2 Å². The van der Waals surface area contributed by atoms with Crippen LogP contribution in [0.4, 0.5) is 0 Å². The van der Waals surface area contributed by atoms with Crippen LogP contribution in [0.25, 0.3) is 0 Å². The van der Waals surface area contributed by atoms with E-state index in [0.29, 0.717) is 18.2 Å². The van der Waals surface area contributed by atoms with Crippen LogP contribution in [0.15, 0.2) is 24.3 Å². The minimum atomic E-state index is 0.298. The zero-order valence-corrected chi connectivity index (χ0v) is 11.9. The summed E-state index contributed by atoms with van der Waals surface area (Å²) in [4.78, 5) is 13.8. The zero-order chi connectivity index (χ0) is 13.7.